The fourth-order valence-corrected chi connectivity index (χ4v) is 17.8. The van der Waals surface area contributed by atoms with Crippen molar-refractivity contribution >= 4 is 197 Å². The van der Waals surface area contributed by atoms with Gasteiger partial charge in [0.15, 0.2) is 0 Å². The number of furan rings is 6. The van der Waals surface area contributed by atoms with E-state index >= 15 is 0 Å². The lowest BCUT2D eigenvalue weighted by atomic mass is 9.92. The smallest absolute Gasteiger partial charge is 0.139 e. The SMILES string of the molecule is c1ccc2c(c1)c1ccccc1n2-c1ccc2oc3cc4oc5ccc(-c6cc(-c7ccc8oc9cc%10oc%11ccc(-n%12c%13ccccc%13c%13ccccc%13%12)cc%11c%10cc9c8c7)cc(-c7ccc8oc9cc%10oc%11ccc(-n%12c%13ccccc%13c%13ccccc%13%12)cc%11c%10cc9c8c7)c6)cc5c4cc3c2c1. The van der Waals surface area contributed by atoms with Crippen molar-refractivity contribution in [3.05, 3.63) is 309 Å². The summed E-state index contributed by atoms with van der Waals surface area (Å²) < 4.78 is 47.3. The van der Waals surface area contributed by atoms with E-state index in [4.69, 9.17) is 26.5 Å². The Kier molecular flexibility index (Phi) is 10.7. The van der Waals surface area contributed by atoms with Gasteiger partial charge in [0.05, 0.1) is 33.1 Å². The predicted molar refractivity (Wildman–Crippen MR) is 429 cm³/mol. The highest BCUT2D eigenvalue weighted by molar-refractivity contribution is 6.21. The number of para-hydroxylation sites is 6. The van der Waals surface area contributed by atoms with Crippen LogP contribution < -0.4 is 0 Å². The van der Waals surface area contributed by atoms with Gasteiger partial charge >= 0.3 is 0 Å². The van der Waals surface area contributed by atoms with E-state index in [1.165, 1.54) is 32.3 Å². The van der Waals surface area contributed by atoms with Gasteiger partial charge in [-0.15, -0.1) is 0 Å². The summed E-state index contributed by atoms with van der Waals surface area (Å²) in [5, 5.41) is 19.6. The zero-order valence-electron chi connectivity index (χ0n) is 55.7. The first-order chi connectivity index (χ1) is 51.9. The third-order valence-electron chi connectivity index (χ3n) is 22.6. The molecule has 9 nitrogen and oxygen atoms in total. The van der Waals surface area contributed by atoms with Crippen molar-refractivity contribution in [2.75, 3.05) is 0 Å². The molecule has 0 unspecified atom stereocenters. The summed E-state index contributed by atoms with van der Waals surface area (Å²) in [5.74, 6) is 0. The Morgan fingerprint density at radius 2 is 0.333 bits per heavy atom. The molecule has 9 heteroatoms. The lowest BCUT2D eigenvalue weighted by Crippen LogP contribution is -1.93. The Labute approximate surface area is 593 Å². The molecule has 105 heavy (non-hydrogen) atoms. The van der Waals surface area contributed by atoms with Crippen LogP contribution in [0, 0.1) is 0 Å². The molecule has 0 N–H and O–H groups in total. The van der Waals surface area contributed by atoms with Gasteiger partial charge in [0.2, 0.25) is 0 Å². The van der Waals surface area contributed by atoms with Crippen LogP contribution in [-0.4, -0.2) is 13.7 Å². The average Bonchev–Trinajstić information content (AvgIpc) is 1.59. The lowest BCUT2D eigenvalue weighted by molar-refractivity contribution is 0.655. The molecule has 0 aliphatic carbocycles. The van der Waals surface area contributed by atoms with Gasteiger partial charge in [-0.25, -0.2) is 0 Å². The second kappa shape index (κ2) is 20.3. The van der Waals surface area contributed by atoms with Crippen molar-refractivity contribution < 1.29 is 26.5 Å². The summed E-state index contributed by atoms with van der Waals surface area (Å²) in [6, 6.07) is 111. The molecular weight excluding hydrogens is 1290 g/mol. The molecular formula is C96H51N3O6. The second-order valence-electron chi connectivity index (χ2n) is 28.2. The molecule has 25 aromatic rings. The zero-order valence-corrected chi connectivity index (χ0v) is 55.7. The van der Waals surface area contributed by atoms with Gasteiger partial charge in [-0.1, -0.05) is 127 Å². The third-order valence-corrected chi connectivity index (χ3v) is 22.6. The van der Waals surface area contributed by atoms with Crippen molar-refractivity contribution in [3.8, 4) is 50.4 Å². The van der Waals surface area contributed by atoms with Crippen LogP contribution in [0.25, 0.3) is 247 Å². The van der Waals surface area contributed by atoms with Gasteiger partial charge in [0.1, 0.15) is 67.0 Å². The minimum absolute atomic E-state index is 0.764. The van der Waals surface area contributed by atoms with E-state index in [-0.39, 0.29) is 0 Å². The van der Waals surface area contributed by atoms with E-state index in [0.29, 0.717) is 0 Å². The van der Waals surface area contributed by atoms with Crippen LogP contribution in [0.5, 0.6) is 0 Å². The number of benzene rings is 16. The highest BCUT2D eigenvalue weighted by atomic mass is 16.4. The van der Waals surface area contributed by atoms with Crippen LogP contribution in [-0.2, 0) is 0 Å². The van der Waals surface area contributed by atoms with Crippen molar-refractivity contribution in [3.63, 3.8) is 0 Å². The van der Waals surface area contributed by atoms with Crippen molar-refractivity contribution in [2.24, 2.45) is 0 Å². The van der Waals surface area contributed by atoms with Gasteiger partial charge in [-0.05, 0) is 197 Å². The molecule has 0 saturated carbocycles. The summed E-state index contributed by atoms with van der Waals surface area (Å²) in [5.41, 5.74) is 25.9. The van der Waals surface area contributed by atoms with E-state index in [2.05, 4.69) is 323 Å². The van der Waals surface area contributed by atoms with Crippen molar-refractivity contribution in [1.82, 2.24) is 13.7 Å². The van der Waals surface area contributed by atoms with Gasteiger partial charge in [-0.3, -0.25) is 0 Å². The Morgan fingerprint density at radius 3 is 0.571 bits per heavy atom. The molecule has 0 fully saturated rings. The standard InChI is InChI=1S/C96H51N3O6/c1-7-19-79-61(13-1)62-14-2-8-20-80(62)97(79)58-28-34-88-70(43-58)76-46-73-67-40-52(25-31-85(67)100-91(73)49-94(76)103-88)55-37-56(53-26-32-86-68(41-53)74-47-77-71-44-59(29-35-89(71)104-95(77)50-92(74)101-86)98-81-21-9-3-15-63(81)64-16-4-10-22-82(64)98)39-57(38-55)54-27-33-87-69(42-54)75-48-78-72-45-60(30-36-90(72)105-96(78)51-93(75)102-87)99-83-23-11-5-17-65(83)66-18-6-12-24-84(66)99/h1-51H. The largest absolute Gasteiger partial charge is 0.456 e. The molecule has 0 aliphatic rings. The molecule has 486 valence electrons. The Balaban J connectivity index is 0.658. The first-order valence-corrected chi connectivity index (χ1v) is 35.6. The average molecular weight is 1340 g/mol. The fourth-order valence-electron chi connectivity index (χ4n) is 17.8. The number of aromatic nitrogens is 3. The van der Waals surface area contributed by atoms with Crippen LogP contribution in [0.3, 0.4) is 0 Å². The number of hydrogen-bond acceptors (Lipinski definition) is 6. The topological polar surface area (TPSA) is 93.6 Å². The minimum atomic E-state index is 0.764. The summed E-state index contributed by atoms with van der Waals surface area (Å²) in [7, 11) is 0. The quantitative estimate of drug-likeness (QED) is 0.165. The minimum Gasteiger partial charge on any atom is -0.456 e. The molecule has 16 aromatic carbocycles. The number of fused-ring (bicyclic) bond motifs is 27. The van der Waals surface area contributed by atoms with E-state index in [1.807, 2.05) is 0 Å². The molecule has 25 rings (SSSR count). The predicted octanol–water partition coefficient (Wildman–Crippen LogP) is 27.4. The van der Waals surface area contributed by atoms with Crippen LogP contribution in [0.15, 0.2) is 336 Å². The maximum absolute atomic E-state index is 6.75. The number of nitrogens with zero attached hydrogens (tertiary/aromatic N) is 3. The van der Waals surface area contributed by atoms with Gasteiger partial charge in [0, 0.05) is 132 Å². The summed E-state index contributed by atoms with van der Waals surface area (Å²) in [6.45, 7) is 0. The molecule has 0 aliphatic heterocycles. The normalized spacial score (nSPS) is 12.6. The van der Waals surface area contributed by atoms with Gasteiger partial charge < -0.3 is 40.2 Å². The van der Waals surface area contributed by atoms with Crippen LogP contribution in [0.1, 0.15) is 0 Å². The van der Waals surface area contributed by atoms with E-state index in [0.717, 1.165) is 215 Å². The molecule has 9 aromatic heterocycles. The molecule has 0 spiro atoms. The maximum atomic E-state index is 6.75. The van der Waals surface area contributed by atoms with Crippen LogP contribution in [0.2, 0.25) is 0 Å². The van der Waals surface area contributed by atoms with Crippen molar-refractivity contribution in [2.45, 2.75) is 0 Å². The summed E-state index contributed by atoms with van der Waals surface area (Å²) in [4.78, 5) is 0. The summed E-state index contributed by atoms with van der Waals surface area (Å²) >= 11 is 0. The molecule has 9 heterocycles. The first-order valence-electron chi connectivity index (χ1n) is 35.6. The van der Waals surface area contributed by atoms with Crippen LogP contribution >= 0.6 is 0 Å². The molecule has 0 bridgehead atoms. The molecule has 0 radical (unpaired) electrons. The monoisotopic (exact) mass is 1340 g/mol. The van der Waals surface area contributed by atoms with Crippen LogP contribution in [0.4, 0.5) is 0 Å². The Morgan fingerprint density at radius 1 is 0.133 bits per heavy atom. The molecule has 0 saturated heterocycles. The van der Waals surface area contributed by atoms with Gasteiger partial charge in [0.25, 0.3) is 0 Å². The number of rotatable bonds is 6. The molecule has 0 atom stereocenters. The highest BCUT2D eigenvalue weighted by Crippen LogP contribution is 2.47. The van der Waals surface area contributed by atoms with Gasteiger partial charge in [-0.2, -0.15) is 0 Å². The van der Waals surface area contributed by atoms with Crippen molar-refractivity contribution in [1.29, 1.82) is 0 Å². The first kappa shape index (κ1) is 55.5. The van der Waals surface area contributed by atoms with E-state index in [1.54, 1.807) is 0 Å². The zero-order chi connectivity index (χ0) is 68.0. The third kappa shape index (κ3) is 7.79. The Bertz CT molecular complexity index is 7260. The summed E-state index contributed by atoms with van der Waals surface area (Å²) in [6.07, 6.45) is 0. The lowest BCUT2D eigenvalue weighted by Gasteiger charge is -2.12. The number of hydrogen-bond donors (Lipinski definition) is 0. The Hall–Kier alpha value is -14.3. The molecule has 0 amide bonds. The highest BCUT2D eigenvalue weighted by Gasteiger charge is 2.24. The van der Waals surface area contributed by atoms with E-state index < -0.39 is 0 Å². The maximum Gasteiger partial charge on any atom is 0.139 e. The fraction of sp³-hybridized carbons (Fsp3) is 0. The second-order valence-corrected chi connectivity index (χ2v) is 28.2. The van der Waals surface area contributed by atoms with E-state index in [9.17, 15) is 0 Å².